The molecule has 132 valence electrons. The third-order valence-corrected chi connectivity index (χ3v) is 4.33. The zero-order valence-corrected chi connectivity index (χ0v) is 13.7. The highest BCUT2D eigenvalue weighted by molar-refractivity contribution is 6.07. The summed E-state index contributed by atoms with van der Waals surface area (Å²) in [6.45, 7) is -1.18. The van der Waals surface area contributed by atoms with E-state index in [1.807, 2.05) is 13.0 Å². The number of alkyl halides is 2. The summed E-state index contributed by atoms with van der Waals surface area (Å²) in [6, 6.07) is 8.35. The smallest absolute Gasteiger partial charge is 0.319 e. The molecule has 0 radical (unpaired) electrons. The summed E-state index contributed by atoms with van der Waals surface area (Å²) in [5.74, 6) is -0.492. The quantitative estimate of drug-likeness (QED) is 0.816. The van der Waals surface area contributed by atoms with Crippen LogP contribution in [0.2, 0.25) is 0 Å². The van der Waals surface area contributed by atoms with E-state index in [-0.39, 0.29) is 12.4 Å². The first-order chi connectivity index (χ1) is 12.0. The van der Waals surface area contributed by atoms with E-state index < -0.39 is 24.0 Å². The standard InChI is InChI=1S/C17H18F2N4O2/c1-2-8-17(12-6-4-3-5-7-12)14(24)23(16(25)21-17)11-13-20-9-10-22(13)15(18)19/h3-7,9-10,15H,2,8,11H2,1H3,(H,21,25). The Morgan fingerprint density at radius 2 is 1.96 bits per heavy atom. The first-order valence-electron chi connectivity index (χ1n) is 7.99. The van der Waals surface area contributed by atoms with E-state index in [4.69, 9.17) is 0 Å². The van der Waals surface area contributed by atoms with Crippen LogP contribution in [0.15, 0.2) is 42.7 Å². The summed E-state index contributed by atoms with van der Waals surface area (Å²) in [6.07, 6.45) is 3.42. The molecule has 0 spiro atoms. The number of nitrogens with one attached hydrogen (secondary N) is 1. The second-order valence-electron chi connectivity index (χ2n) is 5.87. The summed E-state index contributed by atoms with van der Waals surface area (Å²) < 4.78 is 26.6. The number of hydrogen-bond donors (Lipinski definition) is 1. The van der Waals surface area contributed by atoms with E-state index in [0.717, 1.165) is 11.1 Å². The van der Waals surface area contributed by atoms with Crippen molar-refractivity contribution in [2.75, 3.05) is 0 Å². The maximum Gasteiger partial charge on any atom is 0.325 e. The molecule has 1 aliphatic heterocycles. The average molecular weight is 348 g/mol. The predicted molar refractivity (Wildman–Crippen MR) is 85.6 cm³/mol. The third-order valence-electron chi connectivity index (χ3n) is 4.33. The Hall–Kier alpha value is -2.77. The maximum atomic E-state index is 13.1. The minimum Gasteiger partial charge on any atom is -0.319 e. The highest BCUT2D eigenvalue weighted by Gasteiger charge is 2.51. The van der Waals surface area contributed by atoms with Crippen LogP contribution in [-0.4, -0.2) is 26.4 Å². The molecule has 1 aromatic heterocycles. The van der Waals surface area contributed by atoms with Crippen molar-refractivity contribution >= 4 is 11.9 Å². The molecule has 25 heavy (non-hydrogen) atoms. The van der Waals surface area contributed by atoms with Crippen molar-refractivity contribution in [3.8, 4) is 0 Å². The maximum absolute atomic E-state index is 13.1. The number of imide groups is 1. The fourth-order valence-corrected chi connectivity index (χ4v) is 3.16. The Bertz CT molecular complexity index is 778. The molecule has 6 nitrogen and oxygen atoms in total. The van der Waals surface area contributed by atoms with E-state index in [9.17, 15) is 18.4 Å². The van der Waals surface area contributed by atoms with E-state index in [1.54, 1.807) is 24.3 Å². The molecule has 8 heteroatoms. The predicted octanol–water partition coefficient (Wildman–Crippen LogP) is 3.03. The Labute approximate surface area is 143 Å². The monoisotopic (exact) mass is 348 g/mol. The number of benzene rings is 1. The van der Waals surface area contributed by atoms with Crippen LogP contribution in [0.4, 0.5) is 13.6 Å². The van der Waals surface area contributed by atoms with E-state index in [0.29, 0.717) is 23.0 Å². The number of rotatable bonds is 6. The van der Waals surface area contributed by atoms with Gasteiger partial charge in [0.2, 0.25) is 0 Å². The molecule has 2 aromatic rings. The minimum atomic E-state index is -2.78. The van der Waals surface area contributed by atoms with Gasteiger partial charge < -0.3 is 5.32 Å². The van der Waals surface area contributed by atoms with Crippen LogP contribution in [0.1, 0.15) is 37.7 Å². The molecule has 0 bridgehead atoms. The van der Waals surface area contributed by atoms with Crippen molar-refractivity contribution in [3.05, 3.63) is 54.1 Å². The van der Waals surface area contributed by atoms with Gasteiger partial charge in [0.25, 0.3) is 5.91 Å². The second-order valence-corrected chi connectivity index (χ2v) is 5.87. The van der Waals surface area contributed by atoms with E-state index >= 15 is 0 Å². The van der Waals surface area contributed by atoms with Crippen LogP contribution in [0.5, 0.6) is 0 Å². The SMILES string of the molecule is CCCC1(c2ccccc2)NC(=O)N(Cc2nccn2C(F)F)C1=O. The molecule has 0 aliphatic carbocycles. The van der Waals surface area contributed by atoms with Gasteiger partial charge in [-0.1, -0.05) is 43.7 Å². The molecule has 1 saturated heterocycles. The van der Waals surface area contributed by atoms with E-state index in [2.05, 4.69) is 10.3 Å². The van der Waals surface area contributed by atoms with Crippen LogP contribution in [0.3, 0.4) is 0 Å². The first-order valence-corrected chi connectivity index (χ1v) is 7.99. The summed E-state index contributed by atoms with van der Waals surface area (Å²) in [4.78, 5) is 30.3. The summed E-state index contributed by atoms with van der Waals surface area (Å²) in [5.41, 5.74) is -0.495. The summed E-state index contributed by atoms with van der Waals surface area (Å²) in [7, 11) is 0. The highest BCUT2D eigenvalue weighted by atomic mass is 19.3. The lowest BCUT2D eigenvalue weighted by Crippen LogP contribution is -2.43. The molecule has 1 aliphatic rings. The van der Waals surface area contributed by atoms with E-state index in [1.165, 1.54) is 6.20 Å². The average Bonchev–Trinajstić information content (AvgIpc) is 3.16. The fourth-order valence-electron chi connectivity index (χ4n) is 3.16. The second kappa shape index (κ2) is 6.62. The number of halogens is 2. The number of nitrogens with zero attached hydrogens (tertiary/aromatic N) is 3. The van der Waals surface area contributed by atoms with Gasteiger partial charge in [-0.25, -0.2) is 9.78 Å². The molecule has 1 fully saturated rings. The molecular formula is C17H18F2N4O2. The zero-order valence-electron chi connectivity index (χ0n) is 13.7. The van der Waals surface area contributed by atoms with Crippen LogP contribution in [-0.2, 0) is 16.9 Å². The Balaban J connectivity index is 1.94. The molecule has 2 heterocycles. The van der Waals surface area contributed by atoms with Crippen LogP contribution in [0.25, 0.3) is 0 Å². The Morgan fingerprint density at radius 1 is 1.24 bits per heavy atom. The first kappa shape index (κ1) is 17.1. The van der Waals surface area contributed by atoms with Crippen LogP contribution in [0, 0.1) is 0 Å². The van der Waals surface area contributed by atoms with Crippen molar-refractivity contribution in [1.82, 2.24) is 19.8 Å². The molecular weight excluding hydrogens is 330 g/mol. The number of amides is 3. The zero-order chi connectivity index (χ0) is 18.0. The van der Waals surface area contributed by atoms with Crippen molar-refractivity contribution in [2.24, 2.45) is 0 Å². The van der Waals surface area contributed by atoms with Crippen LogP contribution >= 0.6 is 0 Å². The van der Waals surface area contributed by atoms with Crippen molar-refractivity contribution < 1.29 is 18.4 Å². The molecule has 3 rings (SSSR count). The van der Waals surface area contributed by atoms with Gasteiger partial charge in [-0.3, -0.25) is 14.3 Å². The molecule has 3 amide bonds. The fraction of sp³-hybridized carbons (Fsp3) is 0.353. The van der Waals surface area contributed by atoms with Crippen molar-refractivity contribution in [3.63, 3.8) is 0 Å². The van der Waals surface area contributed by atoms with Crippen molar-refractivity contribution in [2.45, 2.75) is 38.4 Å². The number of aromatic nitrogens is 2. The van der Waals surface area contributed by atoms with Gasteiger partial charge in [-0.05, 0) is 12.0 Å². The molecule has 1 unspecified atom stereocenters. The van der Waals surface area contributed by atoms with Crippen molar-refractivity contribution in [1.29, 1.82) is 0 Å². The lowest BCUT2D eigenvalue weighted by molar-refractivity contribution is -0.132. The van der Waals surface area contributed by atoms with Gasteiger partial charge in [-0.15, -0.1) is 0 Å². The lowest BCUT2D eigenvalue weighted by atomic mass is 9.85. The number of hydrogen-bond acceptors (Lipinski definition) is 3. The topological polar surface area (TPSA) is 67.2 Å². The molecule has 1 N–H and O–H groups in total. The minimum absolute atomic E-state index is 0.0427. The number of imidazole rings is 1. The largest absolute Gasteiger partial charge is 0.325 e. The number of carbonyl (C=O) groups excluding carboxylic acids is 2. The third kappa shape index (κ3) is 2.88. The Morgan fingerprint density at radius 3 is 2.60 bits per heavy atom. The normalized spacial score (nSPS) is 20.4. The van der Waals surface area contributed by atoms with Gasteiger partial charge in [-0.2, -0.15) is 8.78 Å². The van der Waals surface area contributed by atoms with Crippen LogP contribution < -0.4 is 5.32 Å². The summed E-state index contributed by atoms with van der Waals surface area (Å²) >= 11 is 0. The van der Waals surface area contributed by atoms with Gasteiger partial charge in [0, 0.05) is 12.4 Å². The molecule has 0 saturated carbocycles. The molecule has 1 atom stereocenters. The number of carbonyl (C=O) groups is 2. The Kier molecular flexibility index (Phi) is 4.52. The van der Waals surface area contributed by atoms with Gasteiger partial charge in [0.15, 0.2) is 0 Å². The molecule has 1 aromatic carbocycles. The lowest BCUT2D eigenvalue weighted by Gasteiger charge is -2.27. The summed E-state index contributed by atoms with van der Waals surface area (Å²) in [5, 5.41) is 2.76. The number of urea groups is 1. The van der Waals surface area contributed by atoms with Gasteiger partial charge in [0.1, 0.15) is 11.4 Å². The van der Waals surface area contributed by atoms with Gasteiger partial charge >= 0.3 is 12.6 Å². The van der Waals surface area contributed by atoms with Gasteiger partial charge in [0.05, 0.1) is 6.54 Å². The highest BCUT2D eigenvalue weighted by Crippen LogP contribution is 2.34.